The zero-order valence-electron chi connectivity index (χ0n) is 13.5. The van der Waals surface area contributed by atoms with Crippen LogP contribution in [0.2, 0.25) is 0 Å². The third kappa shape index (κ3) is 4.07. The fourth-order valence-electron chi connectivity index (χ4n) is 2.47. The molecular weight excluding hydrogens is 349 g/mol. The number of hydrogen-bond acceptors (Lipinski definition) is 4. The molecule has 3 rings (SSSR count). The van der Waals surface area contributed by atoms with Crippen molar-refractivity contribution in [2.45, 2.75) is 32.7 Å². The molecule has 0 unspecified atom stereocenters. The van der Waals surface area contributed by atoms with Gasteiger partial charge in [0.25, 0.3) is 5.91 Å². The molecule has 0 aromatic carbocycles. The number of hydrogen-bond donors (Lipinski definition) is 3. The van der Waals surface area contributed by atoms with E-state index in [1.165, 1.54) is 0 Å². The molecule has 3 N–H and O–H groups in total. The first-order valence-corrected chi connectivity index (χ1v) is 7.51. The lowest BCUT2D eigenvalue weighted by molar-refractivity contribution is -0.115. The van der Waals surface area contributed by atoms with Crippen molar-refractivity contribution < 1.29 is 4.79 Å². The van der Waals surface area contributed by atoms with Crippen LogP contribution in [-0.2, 0) is 4.79 Å². The smallest absolute Gasteiger partial charge is 0.276 e. The molecular formula is C16H21Cl2N5O. The summed E-state index contributed by atoms with van der Waals surface area (Å²) in [5.74, 6) is 0.342. The lowest BCUT2D eigenvalue weighted by atomic mass is 10.2. The molecule has 3 heterocycles. The summed E-state index contributed by atoms with van der Waals surface area (Å²) in [6, 6.07) is 4.15. The Morgan fingerprint density at radius 3 is 2.75 bits per heavy atom. The molecule has 0 aliphatic carbocycles. The Bertz CT molecular complexity index is 765. The summed E-state index contributed by atoms with van der Waals surface area (Å²) in [6.45, 7) is 4.21. The normalized spacial score (nSPS) is 15.0. The summed E-state index contributed by atoms with van der Waals surface area (Å²) >= 11 is 0. The maximum absolute atomic E-state index is 12.0. The van der Waals surface area contributed by atoms with E-state index < -0.39 is 0 Å². The van der Waals surface area contributed by atoms with E-state index in [1.54, 1.807) is 12.3 Å². The molecule has 1 amide bonds. The molecule has 0 atom stereocenters. The van der Waals surface area contributed by atoms with E-state index in [2.05, 4.69) is 39.4 Å². The Kier molecular flexibility index (Phi) is 7.25. The van der Waals surface area contributed by atoms with Crippen molar-refractivity contribution in [3.05, 3.63) is 35.8 Å². The topological polar surface area (TPSA) is 82.2 Å². The second-order valence-corrected chi connectivity index (χ2v) is 5.25. The zero-order valence-corrected chi connectivity index (χ0v) is 15.1. The van der Waals surface area contributed by atoms with E-state index in [0.717, 1.165) is 29.4 Å². The Labute approximate surface area is 153 Å². The number of H-pyrrole nitrogens is 1. The molecule has 0 bridgehead atoms. The number of aromatic amines is 1. The number of rotatable bonds is 4. The van der Waals surface area contributed by atoms with Crippen molar-refractivity contribution in [1.82, 2.24) is 20.6 Å². The maximum Gasteiger partial charge on any atom is 0.276 e. The summed E-state index contributed by atoms with van der Waals surface area (Å²) in [7, 11) is 0. The van der Waals surface area contributed by atoms with Crippen molar-refractivity contribution in [1.29, 1.82) is 0 Å². The maximum atomic E-state index is 12.0. The van der Waals surface area contributed by atoms with Gasteiger partial charge in [0.15, 0.2) is 0 Å². The molecule has 0 saturated carbocycles. The van der Waals surface area contributed by atoms with Crippen LogP contribution >= 0.6 is 24.8 Å². The highest BCUT2D eigenvalue weighted by atomic mass is 35.5. The highest BCUT2D eigenvalue weighted by molar-refractivity contribution is 6.14. The molecule has 130 valence electrons. The number of carbonyl (C=O) groups is 1. The number of fused-ring (bicyclic) bond motifs is 1. The number of halogens is 2. The number of carbonyl (C=O) groups excluding carboxylic acids is 1. The van der Waals surface area contributed by atoms with E-state index >= 15 is 0 Å². The monoisotopic (exact) mass is 369 g/mol. The molecule has 24 heavy (non-hydrogen) atoms. The number of amides is 1. The average molecular weight is 370 g/mol. The Hall–Kier alpha value is -2.05. The molecule has 8 heteroatoms. The van der Waals surface area contributed by atoms with E-state index in [-0.39, 0.29) is 30.7 Å². The van der Waals surface area contributed by atoms with Crippen LogP contribution in [0.3, 0.4) is 0 Å². The number of nitrogens with zero attached hydrogens (tertiary/aromatic N) is 2. The van der Waals surface area contributed by atoms with Gasteiger partial charge in [-0.2, -0.15) is 0 Å². The van der Waals surface area contributed by atoms with Crippen LogP contribution in [0.5, 0.6) is 0 Å². The highest BCUT2D eigenvalue weighted by Crippen LogP contribution is 2.20. The van der Waals surface area contributed by atoms with Gasteiger partial charge >= 0.3 is 0 Å². The van der Waals surface area contributed by atoms with Gasteiger partial charge in [-0.3, -0.25) is 10.1 Å². The summed E-state index contributed by atoms with van der Waals surface area (Å²) in [5.41, 5.74) is 2.10. The number of nitrogens with one attached hydrogen (secondary N) is 3. The molecule has 0 saturated heterocycles. The predicted molar refractivity (Wildman–Crippen MR) is 102 cm³/mol. The fraction of sp³-hybridized carbons (Fsp3) is 0.312. The van der Waals surface area contributed by atoms with Gasteiger partial charge in [0.05, 0.1) is 0 Å². The largest absolute Gasteiger partial charge is 0.353 e. The minimum atomic E-state index is -0.188. The SMILES string of the molecule is CCC(CC)NC1=N/C(=C\c2c[nH]c3ncccc23)C(=O)N1.Cl.Cl. The number of aromatic nitrogens is 2. The van der Waals surface area contributed by atoms with E-state index in [1.807, 2.05) is 18.3 Å². The highest BCUT2D eigenvalue weighted by Gasteiger charge is 2.21. The molecule has 6 nitrogen and oxygen atoms in total. The quantitative estimate of drug-likeness (QED) is 0.724. The van der Waals surface area contributed by atoms with Gasteiger partial charge in [0.1, 0.15) is 11.3 Å². The molecule has 0 fully saturated rings. The van der Waals surface area contributed by atoms with E-state index in [4.69, 9.17) is 0 Å². The van der Waals surface area contributed by atoms with Crippen LogP contribution < -0.4 is 10.6 Å². The average Bonchev–Trinajstić information content (AvgIpc) is 3.10. The standard InChI is InChI=1S/C16H19N5O.2ClH/c1-3-11(4-2)19-16-20-13(15(22)21-16)8-10-9-18-14-12(10)6-5-7-17-14;;/h5-9,11H,3-4H2,1-2H3,(H,17,18)(H2,19,20,21,22);2*1H/b13-8-;;. The lowest BCUT2D eigenvalue weighted by Crippen LogP contribution is -2.41. The summed E-state index contributed by atoms with van der Waals surface area (Å²) < 4.78 is 0. The minimum Gasteiger partial charge on any atom is -0.353 e. The summed E-state index contributed by atoms with van der Waals surface area (Å²) in [5, 5.41) is 6.99. The van der Waals surface area contributed by atoms with Gasteiger partial charge in [-0.05, 0) is 31.1 Å². The Balaban J connectivity index is 0.00000144. The number of pyridine rings is 1. The lowest BCUT2D eigenvalue weighted by Gasteiger charge is -2.14. The van der Waals surface area contributed by atoms with Crippen molar-refractivity contribution in [3.63, 3.8) is 0 Å². The molecule has 0 spiro atoms. The first-order valence-electron chi connectivity index (χ1n) is 7.51. The molecule has 0 radical (unpaired) electrons. The number of aliphatic imine (C=N–C) groups is 1. The Morgan fingerprint density at radius 1 is 1.29 bits per heavy atom. The van der Waals surface area contributed by atoms with Gasteiger partial charge in [-0.15, -0.1) is 24.8 Å². The van der Waals surface area contributed by atoms with E-state index in [9.17, 15) is 4.79 Å². The van der Waals surface area contributed by atoms with E-state index in [0.29, 0.717) is 17.7 Å². The summed E-state index contributed by atoms with van der Waals surface area (Å²) in [6.07, 6.45) is 7.31. The molecule has 2 aromatic heterocycles. The summed E-state index contributed by atoms with van der Waals surface area (Å²) in [4.78, 5) is 23.7. The minimum absolute atomic E-state index is 0. The first-order chi connectivity index (χ1) is 10.7. The van der Waals surface area contributed by atoms with Gasteiger partial charge in [0, 0.05) is 29.4 Å². The van der Waals surface area contributed by atoms with Crippen LogP contribution in [0, 0.1) is 0 Å². The molecule has 1 aliphatic heterocycles. The molecule has 2 aromatic rings. The van der Waals surface area contributed by atoms with Gasteiger partial charge in [-0.25, -0.2) is 9.98 Å². The third-order valence-corrected chi connectivity index (χ3v) is 3.80. The number of guanidine groups is 1. The molecule has 1 aliphatic rings. The first kappa shape index (κ1) is 20.0. The van der Waals surface area contributed by atoms with Crippen LogP contribution in [0.4, 0.5) is 0 Å². The fourth-order valence-corrected chi connectivity index (χ4v) is 2.47. The second kappa shape index (κ2) is 8.70. The van der Waals surface area contributed by atoms with Crippen molar-refractivity contribution >= 4 is 53.8 Å². The van der Waals surface area contributed by atoms with Gasteiger partial charge in [-0.1, -0.05) is 13.8 Å². The van der Waals surface area contributed by atoms with Crippen molar-refractivity contribution in [3.8, 4) is 0 Å². The van der Waals surface area contributed by atoms with Gasteiger partial charge < -0.3 is 10.3 Å². The van der Waals surface area contributed by atoms with Gasteiger partial charge in [0.2, 0.25) is 5.96 Å². The zero-order chi connectivity index (χ0) is 15.5. The van der Waals surface area contributed by atoms with Crippen LogP contribution in [-0.4, -0.2) is 27.9 Å². The third-order valence-electron chi connectivity index (χ3n) is 3.80. The second-order valence-electron chi connectivity index (χ2n) is 5.25. The van der Waals surface area contributed by atoms with Crippen LogP contribution in [0.25, 0.3) is 17.1 Å². The van der Waals surface area contributed by atoms with Crippen LogP contribution in [0.1, 0.15) is 32.3 Å². The predicted octanol–water partition coefficient (Wildman–Crippen LogP) is 3.01. The van der Waals surface area contributed by atoms with Crippen LogP contribution in [0.15, 0.2) is 35.2 Å². The van der Waals surface area contributed by atoms with Crippen molar-refractivity contribution in [2.24, 2.45) is 4.99 Å². The Morgan fingerprint density at radius 2 is 2.04 bits per heavy atom. The van der Waals surface area contributed by atoms with Crippen molar-refractivity contribution in [2.75, 3.05) is 0 Å².